The number of esters is 1. The molecule has 6 heteroatoms. The van der Waals surface area contributed by atoms with Crippen molar-refractivity contribution in [3.05, 3.63) is 48.3 Å². The van der Waals surface area contributed by atoms with Gasteiger partial charge in [0.15, 0.2) is 0 Å². The summed E-state index contributed by atoms with van der Waals surface area (Å²) in [5.41, 5.74) is 3.38. The Morgan fingerprint density at radius 2 is 2.14 bits per heavy atom. The van der Waals surface area contributed by atoms with Gasteiger partial charge in [0.2, 0.25) is 0 Å². The third-order valence-corrected chi connectivity index (χ3v) is 3.51. The fourth-order valence-electron chi connectivity index (χ4n) is 2.37. The van der Waals surface area contributed by atoms with E-state index in [0.717, 1.165) is 23.3 Å². The molecular weight excluding hydrogens is 268 g/mol. The van der Waals surface area contributed by atoms with Crippen molar-refractivity contribution in [2.45, 2.75) is 20.0 Å². The van der Waals surface area contributed by atoms with Crippen molar-refractivity contribution >= 4 is 17.0 Å². The number of aryl methyl sites for hydroxylation is 1. The van der Waals surface area contributed by atoms with Gasteiger partial charge < -0.3 is 13.9 Å². The Balaban J connectivity index is 2.00. The van der Waals surface area contributed by atoms with E-state index in [2.05, 4.69) is 21.5 Å². The average Bonchev–Trinajstić information content (AvgIpc) is 3.13. The van der Waals surface area contributed by atoms with Gasteiger partial charge in [-0.15, -0.1) is 0 Å². The Hall–Kier alpha value is -2.63. The number of imidazole rings is 2. The van der Waals surface area contributed by atoms with E-state index in [9.17, 15) is 4.79 Å². The van der Waals surface area contributed by atoms with E-state index < -0.39 is 0 Å². The molecule has 0 saturated heterocycles. The van der Waals surface area contributed by atoms with Gasteiger partial charge in [-0.05, 0) is 25.1 Å². The van der Waals surface area contributed by atoms with Crippen molar-refractivity contribution in [1.82, 2.24) is 19.1 Å². The van der Waals surface area contributed by atoms with Gasteiger partial charge in [0.25, 0.3) is 0 Å². The van der Waals surface area contributed by atoms with Gasteiger partial charge in [-0.3, -0.25) is 0 Å². The lowest BCUT2D eigenvalue weighted by Crippen LogP contribution is -2.06. The van der Waals surface area contributed by atoms with Gasteiger partial charge in [-0.25, -0.2) is 14.8 Å². The molecule has 0 aliphatic rings. The summed E-state index contributed by atoms with van der Waals surface area (Å²) in [7, 11) is 1.38. The summed E-state index contributed by atoms with van der Waals surface area (Å²) in [6.45, 7) is 3.61. The third kappa shape index (κ3) is 2.40. The smallest absolute Gasteiger partial charge is 0.337 e. The first-order valence-electron chi connectivity index (χ1n) is 6.75. The Morgan fingerprint density at radius 3 is 2.90 bits per heavy atom. The maximum atomic E-state index is 11.6. The van der Waals surface area contributed by atoms with Crippen molar-refractivity contribution in [3.63, 3.8) is 0 Å². The first-order chi connectivity index (χ1) is 10.2. The molecule has 6 nitrogen and oxygen atoms in total. The van der Waals surface area contributed by atoms with E-state index in [1.165, 1.54) is 7.11 Å². The lowest BCUT2D eigenvalue weighted by molar-refractivity contribution is 0.0601. The van der Waals surface area contributed by atoms with Crippen molar-refractivity contribution in [1.29, 1.82) is 0 Å². The number of carbonyl (C=O) groups is 1. The summed E-state index contributed by atoms with van der Waals surface area (Å²) in [6, 6.07) is 5.36. The summed E-state index contributed by atoms with van der Waals surface area (Å²) in [5.74, 6) is -0.344. The van der Waals surface area contributed by atoms with E-state index in [1.54, 1.807) is 18.5 Å². The molecule has 3 aromatic rings. The van der Waals surface area contributed by atoms with Crippen LogP contribution in [0.15, 0.2) is 37.1 Å². The minimum absolute atomic E-state index is 0.344. The van der Waals surface area contributed by atoms with Gasteiger partial charge >= 0.3 is 5.97 Å². The van der Waals surface area contributed by atoms with Gasteiger partial charge in [0, 0.05) is 12.7 Å². The molecule has 0 bridgehead atoms. The minimum atomic E-state index is -0.344. The van der Waals surface area contributed by atoms with E-state index in [-0.39, 0.29) is 5.97 Å². The van der Waals surface area contributed by atoms with Crippen LogP contribution in [0, 0.1) is 0 Å². The molecule has 108 valence electrons. The molecule has 0 unspecified atom stereocenters. The molecule has 0 fully saturated rings. The molecule has 0 aliphatic heterocycles. The van der Waals surface area contributed by atoms with Crippen LogP contribution in [0.4, 0.5) is 0 Å². The maximum Gasteiger partial charge on any atom is 0.337 e. The number of fused-ring (bicyclic) bond motifs is 1. The maximum absolute atomic E-state index is 11.6. The number of carbonyl (C=O) groups excluding carboxylic acids is 1. The molecule has 0 amide bonds. The van der Waals surface area contributed by atoms with E-state index >= 15 is 0 Å². The molecule has 0 N–H and O–H groups in total. The summed E-state index contributed by atoms with van der Waals surface area (Å²) in [4.78, 5) is 20.2. The zero-order valence-corrected chi connectivity index (χ0v) is 12.0. The van der Waals surface area contributed by atoms with Crippen molar-refractivity contribution in [2.24, 2.45) is 0 Å². The molecule has 0 spiro atoms. The number of benzene rings is 1. The summed E-state index contributed by atoms with van der Waals surface area (Å²) in [5, 5.41) is 0. The molecule has 2 aromatic heterocycles. The van der Waals surface area contributed by atoms with Crippen LogP contribution in [0.2, 0.25) is 0 Å². The number of methoxy groups -OCH3 is 1. The lowest BCUT2D eigenvalue weighted by Gasteiger charge is -2.07. The van der Waals surface area contributed by atoms with Gasteiger partial charge in [0.1, 0.15) is 0 Å². The average molecular weight is 284 g/mol. The summed E-state index contributed by atoms with van der Waals surface area (Å²) in [6.07, 6.45) is 5.44. The second-order valence-electron chi connectivity index (χ2n) is 4.74. The van der Waals surface area contributed by atoms with E-state index in [1.807, 2.05) is 23.2 Å². The topological polar surface area (TPSA) is 61.9 Å². The molecule has 0 saturated carbocycles. The summed E-state index contributed by atoms with van der Waals surface area (Å²) >= 11 is 0. The normalized spacial score (nSPS) is 11.0. The van der Waals surface area contributed by atoms with Crippen molar-refractivity contribution < 1.29 is 9.53 Å². The van der Waals surface area contributed by atoms with Gasteiger partial charge in [-0.1, -0.05) is 0 Å². The fraction of sp³-hybridized carbons (Fsp3) is 0.267. The number of ether oxygens (including phenoxy) is 1. The monoisotopic (exact) mass is 284 g/mol. The highest BCUT2D eigenvalue weighted by Gasteiger charge is 2.10. The Morgan fingerprint density at radius 1 is 1.29 bits per heavy atom. The third-order valence-electron chi connectivity index (χ3n) is 3.51. The van der Waals surface area contributed by atoms with Crippen LogP contribution in [0.5, 0.6) is 0 Å². The highest BCUT2D eigenvalue weighted by atomic mass is 16.5. The number of hydrogen-bond donors (Lipinski definition) is 0. The SMILES string of the molecule is CCn1cncc1Cn1cnc2ccc(C(=O)OC)cc21. The largest absolute Gasteiger partial charge is 0.465 e. The Kier molecular flexibility index (Phi) is 3.43. The molecule has 3 rings (SSSR count). The standard InChI is InChI=1S/C15H16N4O2/c1-3-18-9-16-7-12(18)8-19-10-17-13-5-4-11(6-14(13)19)15(20)21-2/h4-7,9-10H,3,8H2,1-2H3. The van der Waals surface area contributed by atoms with Crippen LogP contribution in [-0.4, -0.2) is 32.2 Å². The molecule has 1 aromatic carbocycles. The van der Waals surface area contributed by atoms with Crippen LogP contribution in [0.1, 0.15) is 23.0 Å². The lowest BCUT2D eigenvalue weighted by atomic mass is 10.2. The molecule has 2 heterocycles. The zero-order chi connectivity index (χ0) is 14.8. The second kappa shape index (κ2) is 5.40. The molecule has 0 radical (unpaired) electrons. The minimum Gasteiger partial charge on any atom is -0.465 e. The van der Waals surface area contributed by atoms with Crippen molar-refractivity contribution in [3.8, 4) is 0 Å². The van der Waals surface area contributed by atoms with Crippen molar-refractivity contribution in [2.75, 3.05) is 7.11 Å². The van der Waals surface area contributed by atoms with E-state index in [0.29, 0.717) is 12.1 Å². The van der Waals surface area contributed by atoms with Crippen LogP contribution in [0.25, 0.3) is 11.0 Å². The number of hydrogen-bond acceptors (Lipinski definition) is 4. The van der Waals surface area contributed by atoms with Crippen LogP contribution < -0.4 is 0 Å². The quantitative estimate of drug-likeness (QED) is 0.688. The first-order valence-corrected chi connectivity index (χ1v) is 6.75. The predicted octanol–water partition coefficient (Wildman–Crippen LogP) is 2.09. The first kappa shape index (κ1) is 13.4. The Labute approximate surface area is 122 Å². The predicted molar refractivity (Wildman–Crippen MR) is 78.1 cm³/mol. The second-order valence-corrected chi connectivity index (χ2v) is 4.74. The zero-order valence-electron chi connectivity index (χ0n) is 12.0. The highest BCUT2D eigenvalue weighted by molar-refractivity contribution is 5.93. The van der Waals surface area contributed by atoms with Gasteiger partial charge in [-0.2, -0.15) is 0 Å². The van der Waals surface area contributed by atoms with Crippen LogP contribution in [-0.2, 0) is 17.8 Å². The Bertz CT molecular complexity index is 788. The van der Waals surface area contributed by atoms with E-state index in [4.69, 9.17) is 4.74 Å². The van der Waals surface area contributed by atoms with Gasteiger partial charge in [0.05, 0.1) is 48.6 Å². The number of rotatable bonds is 4. The molecule has 0 aliphatic carbocycles. The number of aromatic nitrogens is 4. The highest BCUT2D eigenvalue weighted by Crippen LogP contribution is 2.17. The van der Waals surface area contributed by atoms with Crippen LogP contribution >= 0.6 is 0 Å². The molecular formula is C15H16N4O2. The molecule has 21 heavy (non-hydrogen) atoms. The number of nitrogens with zero attached hydrogens (tertiary/aromatic N) is 4. The summed E-state index contributed by atoms with van der Waals surface area (Å²) < 4.78 is 8.85. The molecule has 0 atom stereocenters. The fourth-order valence-corrected chi connectivity index (χ4v) is 2.37. The van der Waals surface area contributed by atoms with Crippen LogP contribution in [0.3, 0.4) is 0 Å².